The summed E-state index contributed by atoms with van der Waals surface area (Å²) in [5.74, 6) is 0.110. The average Bonchev–Trinajstić information content (AvgIpc) is 3.10. The van der Waals surface area contributed by atoms with Gasteiger partial charge < -0.3 is 9.80 Å². The van der Waals surface area contributed by atoms with Crippen molar-refractivity contribution < 1.29 is 14.4 Å². The van der Waals surface area contributed by atoms with Gasteiger partial charge in [-0.3, -0.25) is 14.5 Å². The van der Waals surface area contributed by atoms with E-state index < -0.39 is 23.4 Å². The molecule has 160 valence electrons. The Balaban J connectivity index is 0.000000575. The van der Waals surface area contributed by atoms with Crippen LogP contribution in [0.3, 0.4) is 0 Å². The first-order chi connectivity index (χ1) is 14.4. The number of halogens is 2. The van der Waals surface area contributed by atoms with Crippen molar-refractivity contribution in [3.8, 4) is 0 Å². The molecule has 0 aliphatic carbocycles. The summed E-state index contributed by atoms with van der Waals surface area (Å²) < 4.78 is 0. The summed E-state index contributed by atoms with van der Waals surface area (Å²) in [6.45, 7) is 2.24. The van der Waals surface area contributed by atoms with Crippen molar-refractivity contribution in [2.45, 2.75) is 12.5 Å². The number of hydrogen-bond donors (Lipinski definition) is 0. The van der Waals surface area contributed by atoms with Crippen LogP contribution in [0.1, 0.15) is 12.5 Å². The first-order valence-electron chi connectivity index (χ1n) is 9.41. The number of alkyl halides is 2. The zero-order valence-corrected chi connectivity index (χ0v) is 18.7. The highest BCUT2D eigenvalue weighted by molar-refractivity contribution is 6.27. The van der Waals surface area contributed by atoms with Crippen molar-refractivity contribution >= 4 is 46.7 Å². The lowest BCUT2D eigenvalue weighted by molar-refractivity contribution is -0.140. The fraction of sp³-hybridized carbons (Fsp3) is 0.318. The molecule has 0 bridgehead atoms. The summed E-state index contributed by atoms with van der Waals surface area (Å²) in [5, 5.41) is 0. The third-order valence-electron chi connectivity index (χ3n) is 4.92. The smallest absolute Gasteiger partial charge is 0.305 e. The largest absolute Gasteiger partial charge is 0.327 e. The van der Waals surface area contributed by atoms with Crippen LogP contribution in [0.15, 0.2) is 60.7 Å². The summed E-state index contributed by atoms with van der Waals surface area (Å²) in [7, 11) is 2.88. The molecule has 4 amide bonds. The van der Waals surface area contributed by atoms with Crippen LogP contribution in [0.25, 0.3) is 0 Å². The highest BCUT2D eigenvalue weighted by Gasteiger charge is 2.66. The van der Waals surface area contributed by atoms with E-state index in [1.165, 1.54) is 23.9 Å². The fourth-order valence-electron chi connectivity index (χ4n) is 3.45. The van der Waals surface area contributed by atoms with Crippen molar-refractivity contribution in [3.63, 3.8) is 0 Å². The molecule has 0 saturated carbocycles. The second-order valence-electron chi connectivity index (χ2n) is 6.58. The highest BCUT2D eigenvalue weighted by Crippen LogP contribution is 2.47. The third-order valence-corrected chi connectivity index (χ3v) is 5.27. The molecule has 1 aromatic carbocycles. The van der Waals surface area contributed by atoms with E-state index in [0.717, 1.165) is 4.90 Å². The lowest BCUT2D eigenvalue weighted by Crippen LogP contribution is -2.52. The van der Waals surface area contributed by atoms with Gasteiger partial charge in [-0.25, -0.2) is 4.79 Å². The van der Waals surface area contributed by atoms with Crippen LogP contribution in [0.5, 0.6) is 0 Å². The van der Waals surface area contributed by atoms with E-state index in [1.54, 1.807) is 42.5 Å². The number of carbonyl (C=O) groups excluding carboxylic acids is 3. The number of amides is 4. The summed E-state index contributed by atoms with van der Waals surface area (Å²) in [6, 6.07) is 6.59. The Morgan fingerprint density at radius 3 is 2.10 bits per heavy atom. The molecular formula is C22H25Cl2N3O3. The maximum Gasteiger partial charge on any atom is 0.327 e. The number of imide groups is 1. The van der Waals surface area contributed by atoms with Gasteiger partial charge >= 0.3 is 6.03 Å². The van der Waals surface area contributed by atoms with Gasteiger partial charge in [0.05, 0.1) is 5.69 Å². The number of para-hydroxylation sites is 1. The number of benzene rings is 1. The van der Waals surface area contributed by atoms with Gasteiger partial charge in [0.2, 0.25) is 5.54 Å². The van der Waals surface area contributed by atoms with Crippen molar-refractivity contribution in [3.05, 3.63) is 66.3 Å². The average molecular weight is 450 g/mol. The number of hydrogen-bond acceptors (Lipinski definition) is 3. The molecule has 2 heterocycles. The van der Waals surface area contributed by atoms with E-state index in [-0.39, 0.29) is 0 Å². The summed E-state index contributed by atoms with van der Waals surface area (Å²) in [4.78, 5) is 42.1. The Morgan fingerprint density at radius 2 is 1.57 bits per heavy atom. The van der Waals surface area contributed by atoms with Crippen molar-refractivity contribution in [1.82, 2.24) is 9.80 Å². The molecule has 1 aromatic rings. The number of rotatable bonds is 5. The number of carbonyl (C=O) groups is 3. The summed E-state index contributed by atoms with van der Waals surface area (Å²) in [5.41, 5.74) is -0.431. The first-order valence-corrected chi connectivity index (χ1v) is 10.5. The quantitative estimate of drug-likeness (QED) is 0.225. The van der Waals surface area contributed by atoms with E-state index in [0.29, 0.717) is 29.6 Å². The van der Waals surface area contributed by atoms with Gasteiger partial charge in [0.15, 0.2) is 0 Å². The Hall–Kier alpha value is -2.57. The summed E-state index contributed by atoms with van der Waals surface area (Å²) >= 11 is 10.8. The predicted octanol–water partition coefficient (Wildman–Crippen LogP) is 3.90. The van der Waals surface area contributed by atoms with Crippen LogP contribution in [0, 0.1) is 0 Å². The van der Waals surface area contributed by atoms with Crippen molar-refractivity contribution in [2.24, 2.45) is 0 Å². The lowest BCUT2D eigenvalue weighted by atomic mass is 9.90. The van der Waals surface area contributed by atoms with E-state index in [1.807, 2.05) is 25.2 Å². The summed E-state index contributed by atoms with van der Waals surface area (Å²) in [6.07, 6.45) is 11.0. The highest BCUT2D eigenvalue weighted by atomic mass is 35.5. The molecule has 6 nitrogen and oxygen atoms in total. The number of urea groups is 1. The Kier molecular flexibility index (Phi) is 8.26. The molecule has 30 heavy (non-hydrogen) atoms. The Labute approximate surface area is 187 Å². The molecule has 0 radical (unpaired) electrons. The minimum atomic E-state index is -1.61. The van der Waals surface area contributed by atoms with Crippen LogP contribution in [0.2, 0.25) is 0 Å². The van der Waals surface area contributed by atoms with Crippen molar-refractivity contribution in [1.29, 1.82) is 0 Å². The normalized spacial score (nSPS) is 21.0. The van der Waals surface area contributed by atoms with Crippen LogP contribution in [-0.2, 0) is 15.1 Å². The van der Waals surface area contributed by atoms with Crippen LogP contribution >= 0.6 is 23.2 Å². The minimum Gasteiger partial charge on any atom is -0.305 e. The first kappa shape index (κ1) is 23.7. The number of anilines is 1. The minimum absolute atomic E-state index is 0.295. The Bertz CT molecular complexity index is 897. The van der Waals surface area contributed by atoms with E-state index in [9.17, 15) is 14.4 Å². The van der Waals surface area contributed by atoms with Gasteiger partial charge in [-0.2, -0.15) is 0 Å². The molecule has 2 aliphatic rings. The standard InChI is InChI=1S/C18H18ClN3O3.C4H7Cl/c1-20-15(23)18(21(2)17(20)25)13-9-5-6-10-14(13)22(16(18)24)12-8-4-3-7-11-19;1-2-3-4-5/h3-10H,11-12H2,1-2H3;2-3H,4H2,1H3/b7-3+,8-4+;3-2-. The Morgan fingerprint density at radius 1 is 0.933 bits per heavy atom. The van der Waals surface area contributed by atoms with Crippen molar-refractivity contribution in [2.75, 3.05) is 37.3 Å². The van der Waals surface area contributed by atoms with Gasteiger partial charge in [-0.15, -0.1) is 23.2 Å². The van der Waals surface area contributed by atoms with Gasteiger partial charge in [-0.1, -0.05) is 54.7 Å². The van der Waals surface area contributed by atoms with Crippen LogP contribution in [-0.4, -0.2) is 60.0 Å². The zero-order valence-electron chi connectivity index (χ0n) is 17.2. The molecule has 0 aromatic heterocycles. The van der Waals surface area contributed by atoms with E-state index in [4.69, 9.17) is 23.2 Å². The predicted molar refractivity (Wildman–Crippen MR) is 121 cm³/mol. The van der Waals surface area contributed by atoms with Gasteiger partial charge in [-0.05, 0) is 13.0 Å². The molecular weight excluding hydrogens is 425 g/mol. The molecule has 3 rings (SSSR count). The van der Waals surface area contributed by atoms with Crippen LogP contribution in [0.4, 0.5) is 10.5 Å². The maximum absolute atomic E-state index is 13.2. The monoisotopic (exact) mass is 449 g/mol. The molecule has 2 aliphatic heterocycles. The molecule has 1 fully saturated rings. The van der Waals surface area contributed by atoms with E-state index in [2.05, 4.69) is 0 Å². The number of allylic oxidation sites excluding steroid dienone is 5. The number of likely N-dealkylation sites (N-methyl/N-ethyl adjacent to an activating group) is 2. The number of nitrogens with zero attached hydrogens (tertiary/aromatic N) is 3. The third kappa shape index (κ3) is 4.02. The van der Waals surface area contributed by atoms with E-state index >= 15 is 0 Å². The number of fused-ring (bicyclic) bond motifs is 2. The van der Waals surface area contributed by atoms with Gasteiger partial charge in [0.25, 0.3) is 11.8 Å². The molecule has 1 saturated heterocycles. The van der Waals surface area contributed by atoms with Gasteiger partial charge in [0, 0.05) is 38.0 Å². The molecule has 8 heteroatoms. The molecule has 0 N–H and O–H groups in total. The lowest BCUT2D eigenvalue weighted by Gasteiger charge is -2.27. The second kappa shape index (κ2) is 10.5. The maximum atomic E-state index is 13.2. The fourth-order valence-corrected chi connectivity index (χ4v) is 3.73. The molecule has 1 spiro atoms. The topological polar surface area (TPSA) is 60.9 Å². The van der Waals surface area contributed by atoms with Gasteiger partial charge in [0.1, 0.15) is 0 Å². The zero-order chi connectivity index (χ0) is 22.3. The SMILES string of the molecule is C/C=C\CCl.CN1C(=O)N(C)C2(C1=O)C(=O)N(C/C=C/C=C/CCl)c1ccccc12. The van der Waals surface area contributed by atoms with Crippen LogP contribution < -0.4 is 4.90 Å². The second-order valence-corrected chi connectivity index (χ2v) is 7.20. The molecule has 1 unspecified atom stereocenters. The molecule has 1 atom stereocenters.